The molecule has 0 saturated carbocycles. The van der Waals surface area contributed by atoms with E-state index in [2.05, 4.69) is 68.5 Å². The SMILES string of the molecule is CC1(C)c2ccccc2-c2c1c1c(c3ccccc23)OCC=C1c1ccc(F)cc1. The number of hydrogen-bond acceptors (Lipinski definition) is 1. The summed E-state index contributed by atoms with van der Waals surface area (Å²) in [6.07, 6.45) is 2.13. The van der Waals surface area contributed by atoms with Gasteiger partial charge >= 0.3 is 0 Å². The second kappa shape index (κ2) is 6.06. The zero-order chi connectivity index (χ0) is 20.5. The number of ether oxygens (including phenoxy) is 1. The number of halogens is 1. The van der Waals surface area contributed by atoms with Crippen molar-refractivity contribution in [2.45, 2.75) is 19.3 Å². The molecule has 1 nitrogen and oxygen atoms in total. The van der Waals surface area contributed by atoms with Crippen LogP contribution >= 0.6 is 0 Å². The molecule has 0 spiro atoms. The van der Waals surface area contributed by atoms with E-state index in [1.54, 1.807) is 0 Å². The van der Waals surface area contributed by atoms with Gasteiger partial charge in [0.05, 0.1) is 0 Å². The van der Waals surface area contributed by atoms with Gasteiger partial charge < -0.3 is 4.74 Å². The van der Waals surface area contributed by atoms with E-state index in [-0.39, 0.29) is 11.2 Å². The first kappa shape index (κ1) is 17.5. The van der Waals surface area contributed by atoms with E-state index in [0.717, 1.165) is 27.8 Å². The van der Waals surface area contributed by atoms with Crippen molar-refractivity contribution < 1.29 is 9.13 Å². The average Bonchev–Trinajstić information content (AvgIpc) is 3.02. The first-order chi connectivity index (χ1) is 14.6. The third-order valence-electron chi connectivity index (χ3n) is 6.60. The molecule has 2 heteroatoms. The van der Waals surface area contributed by atoms with Gasteiger partial charge in [0.15, 0.2) is 0 Å². The Balaban J connectivity index is 1.78. The molecule has 0 unspecified atom stereocenters. The van der Waals surface area contributed by atoms with Crippen molar-refractivity contribution in [1.29, 1.82) is 0 Å². The second-order valence-electron chi connectivity index (χ2n) is 8.61. The molecule has 146 valence electrons. The third kappa shape index (κ3) is 2.22. The maximum Gasteiger partial charge on any atom is 0.135 e. The van der Waals surface area contributed by atoms with Gasteiger partial charge in [-0.25, -0.2) is 4.39 Å². The molecular formula is C28H21FO. The van der Waals surface area contributed by atoms with Gasteiger partial charge in [-0.15, -0.1) is 0 Å². The van der Waals surface area contributed by atoms with E-state index in [0.29, 0.717) is 6.61 Å². The van der Waals surface area contributed by atoms with Gasteiger partial charge in [-0.3, -0.25) is 0 Å². The molecule has 30 heavy (non-hydrogen) atoms. The van der Waals surface area contributed by atoms with Gasteiger partial charge in [-0.2, -0.15) is 0 Å². The fourth-order valence-electron chi connectivity index (χ4n) is 5.30. The molecule has 6 rings (SSSR count). The summed E-state index contributed by atoms with van der Waals surface area (Å²) < 4.78 is 19.9. The highest BCUT2D eigenvalue weighted by atomic mass is 19.1. The predicted molar refractivity (Wildman–Crippen MR) is 120 cm³/mol. The Labute approximate surface area is 175 Å². The maximum atomic E-state index is 13.6. The molecular weight excluding hydrogens is 371 g/mol. The van der Waals surface area contributed by atoms with Gasteiger partial charge in [-0.05, 0) is 57.0 Å². The zero-order valence-corrected chi connectivity index (χ0v) is 17.0. The molecule has 2 aliphatic rings. The molecule has 0 atom stereocenters. The lowest BCUT2D eigenvalue weighted by atomic mass is 9.76. The fourth-order valence-corrected chi connectivity index (χ4v) is 5.30. The van der Waals surface area contributed by atoms with Crippen LogP contribution in [0.5, 0.6) is 5.75 Å². The maximum absolute atomic E-state index is 13.6. The summed E-state index contributed by atoms with van der Waals surface area (Å²) in [4.78, 5) is 0. The minimum Gasteiger partial charge on any atom is -0.488 e. The van der Waals surface area contributed by atoms with Gasteiger partial charge in [0.1, 0.15) is 18.2 Å². The second-order valence-corrected chi connectivity index (χ2v) is 8.61. The van der Waals surface area contributed by atoms with Crippen LogP contribution in [0.3, 0.4) is 0 Å². The van der Waals surface area contributed by atoms with Gasteiger partial charge in [0.25, 0.3) is 0 Å². The van der Waals surface area contributed by atoms with Gasteiger partial charge in [0.2, 0.25) is 0 Å². The number of rotatable bonds is 1. The third-order valence-corrected chi connectivity index (χ3v) is 6.60. The van der Waals surface area contributed by atoms with Crippen LogP contribution in [0.25, 0.3) is 27.5 Å². The molecule has 0 fully saturated rings. The van der Waals surface area contributed by atoms with Crippen molar-refractivity contribution in [3.8, 4) is 16.9 Å². The molecule has 0 bridgehead atoms. The lowest BCUT2D eigenvalue weighted by Gasteiger charge is -2.30. The summed E-state index contributed by atoms with van der Waals surface area (Å²) in [6, 6.07) is 24.0. The highest BCUT2D eigenvalue weighted by Crippen LogP contribution is 2.57. The molecule has 0 amide bonds. The Bertz CT molecular complexity index is 1360. The van der Waals surface area contributed by atoms with Crippen molar-refractivity contribution in [2.75, 3.05) is 6.61 Å². The summed E-state index contributed by atoms with van der Waals surface area (Å²) in [5, 5.41) is 2.36. The van der Waals surface area contributed by atoms with Gasteiger partial charge in [-0.1, -0.05) is 74.5 Å². The minimum atomic E-state index is -0.219. The number of benzene rings is 4. The summed E-state index contributed by atoms with van der Waals surface area (Å²) in [5.74, 6) is 0.718. The summed E-state index contributed by atoms with van der Waals surface area (Å²) >= 11 is 0. The smallest absolute Gasteiger partial charge is 0.135 e. The Kier molecular flexibility index (Phi) is 3.53. The van der Waals surface area contributed by atoms with Gasteiger partial charge in [0, 0.05) is 16.4 Å². The highest BCUT2D eigenvalue weighted by molar-refractivity contribution is 6.10. The van der Waals surface area contributed by atoms with Crippen LogP contribution in [0, 0.1) is 5.82 Å². The fraction of sp³-hybridized carbons (Fsp3) is 0.143. The minimum absolute atomic E-state index is 0.167. The number of hydrogen-bond donors (Lipinski definition) is 0. The van der Waals surface area contributed by atoms with Crippen LogP contribution in [0.4, 0.5) is 4.39 Å². The van der Waals surface area contributed by atoms with Crippen LogP contribution in [-0.2, 0) is 5.41 Å². The number of fused-ring (bicyclic) bond motifs is 8. The molecule has 0 aromatic heterocycles. The van der Waals surface area contributed by atoms with E-state index in [1.165, 1.54) is 39.8 Å². The van der Waals surface area contributed by atoms with E-state index in [4.69, 9.17) is 4.74 Å². The van der Waals surface area contributed by atoms with E-state index in [9.17, 15) is 4.39 Å². The standard InChI is InChI=1S/C28H21FO/c1-28(2)23-10-6-5-9-22(23)24-20-7-3-4-8-21(20)27-25(26(24)28)19(15-16-30-27)17-11-13-18(29)14-12-17/h3-15H,16H2,1-2H3. The van der Waals surface area contributed by atoms with Crippen molar-refractivity contribution in [3.05, 3.63) is 107 Å². The molecule has 1 aliphatic carbocycles. The monoisotopic (exact) mass is 392 g/mol. The largest absolute Gasteiger partial charge is 0.488 e. The molecule has 1 aliphatic heterocycles. The van der Waals surface area contributed by atoms with E-state index in [1.807, 2.05) is 12.1 Å². The molecule has 4 aromatic rings. The van der Waals surface area contributed by atoms with E-state index < -0.39 is 0 Å². The zero-order valence-electron chi connectivity index (χ0n) is 17.0. The molecule has 0 radical (unpaired) electrons. The normalized spacial score (nSPS) is 15.8. The Morgan fingerprint density at radius 1 is 0.800 bits per heavy atom. The molecule has 0 saturated heterocycles. The topological polar surface area (TPSA) is 9.23 Å². The highest BCUT2D eigenvalue weighted by Gasteiger charge is 2.41. The van der Waals surface area contributed by atoms with Crippen LogP contribution < -0.4 is 4.74 Å². The lowest BCUT2D eigenvalue weighted by Crippen LogP contribution is -2.19. The summed E-state index contributed by atoms with van der Waals surface area (Å²) in [6.45, 7) is 5.10. The predicted octanol–water partition coefficient (Wildman–Crippen LogP) is 7.11. The van der Waals surface area contributed by atoms with Crippen LogP contribution in [0.2, 0.25) is 0 Å². The summed E-state index contributed by atoms with van der Waals surface area (Å²) in [5.41, 5.74) is 8.34. The molecule has 1 heterocycles. The first-order valence-corrected chi connectivity index (χ1v) is 10.4. The lowest BCUT2D eigenvalue weighted by molar-refractivity contribution is 0.361. The van der Waals surface area contributed by atoms with Crippen LogP contribution in [0.15, 0.2) is 78.9 Å². The van der Waals surface area contributed by atoms with Crippen molar-refractivity contribution in [2.24, 2.45) is 0 Å². The average molecular weight is 392 g/mol. The first-order valence-electron chi connectivity index (χ1n) is 10.4. The van der Waals surface area contributed by atoms with Crippen molar-refractivity contribution >= 4 is 16.3 Å². The van der Waals surface area contributed by atoms with Crippen molar-refractivity contribution in [1.82, 2.24) is 0 Å². The van der Waals surface area contributed by atoms with Crippen molar-refractivity contribution in [3.63, 3.8) is 0 Å². The van der Waals surface area contributed by atoms with Crippen LogP contribution in [0.1, 0.15) is 36.1 Å². The summed E-state index contributed by atoms with van der Waals surface area (Å²) in [7, 11) is 0. The Morgan fingerprint density at radius 3 is 2.30 bits per heavy atom. The quantitative estimate of drug-likeness (QED) is 0.335. The Morgan fingerprint density at radius 2 is 1.50 bits per heavy atom. The molecule has 0 N–H and O–H groups in total. The van der Waals surface area contributed by atoms with E-state index >= 15 is 0 Å². The Hall–Kier alpha value is -3.39. The molecule has 4 aromatic carbocycles. The van der Waals surface area contributed by atoms with Crippen LogP contribution in [-0.4, -0.2) is 6.61 Å².